The second-order valence-electron chi connectivity index (χ2n) is 4.22. The smallest absolute Gasteiger partial charge is 0.162 e. The van der Waals surface area contributed by atoms with Crippen molar-refractivity contribution >= 4 is 41.4 Å². The minimum Gasteiger partial charge on any atom is -0.508 e. The Balaban J connectivity index is 2.06. The maximum absolute atomic E-state index is 11.1. The van der Waals surface area contributed by atoms with Crippen LogP contribution in [0.1, 0.15) is 21.5 Å². The summed E-state index contributed by atoms with van der Waals surface area (Å²) in [5.74, 6) is 0.203. The number of carbonyl (C=O) groups excluding carboxylic acids is 1. The number of anilines is 1. The molecule has 0 aliphatic heterocycles. The maximum Gasteiger partial charge on any atom is 0.162 e. The predicted octanol–water partition coefficient (Wildman–Crippen LogP) is 4.05. The van der Waals surface area contributed by atoms with Crippen molar-refractivity contribution in [2.45, 2.75) is 6.92 Å². The molecule has 2 rings (SSSR count). The molecule has 0 atom stereocenters. The third-order valence-electron chi connectivity index (χ3n) is 2.66. The van der Waals surface area contributed by atoms with Crippen LogP contribution in [-0.4, -0.2) is 24.3 Å². The Morgan fingerprint density at radius 1 is 1.36 bits per heavy atom. The first kappa shape index (κ1) is 15.8. The molecular weight excluding hydrogens is 300 g/mol. The summed E-state index contributed by atoms with van der Waals surface area (Å²) in [6.07, 6.45) is 5.70. The van der Waals surface area contributed by atoms with Crippen LogP contribution in [0.2, 0.25) is 0 Å². The number of ether oxygens (including phenoxy) is 1. The number of phenolic OH excluding ortho intramolecular Hbond substituents is 1. The summed E-state index contributed by atoms with van der Waals surface area (Å²) in [5, 5.41) is 12.2. The molecule has 0 aliphatic carbocycles. The molecule has 0 saturated carbocycles. The number of phenols is 1. The first-order valence-electron chi connectivity index (χ1n) is 6.68. The molecule has 0 spiro atoms. The Bertz CT molecular complexity index is 675. The van der Waals surface area contributed by atoms with E-state index >= 15 is 0 Å². The molecule has 0 aliphatic rings. The van der Waals surface area contributed by atoms with Gasteiger partial charge in [0.2, 0.25) is 0 Å². The van der Waals surface area contributed by atoms with Gasteiger partial charge in [-0.25, -0.2) is 4.99 Å². The van der Waals surface area contributed by atoms with E-state index in [9.17, 15) is 9.90 Å². The topological polar surface area (TPSA) is 70.9 Å². The van der Waals surface area contributed by atoms with Crippen molar-refractivity contribution in [3.05, 3.63) is 46.3 Å². The number of carbonyl (C=O) groups is 1. The summed E-state index contributed by atoms with van der Waals surface area (Å²) < 4.78 is 5.14. The van der Waals surface area contributed by atoms with E-state index in [1.54, 1.807) is 36.6 Å². The highest BCUT2D eigenvalue weighted by molar-refractivity contribution is 7.15. The molecule has 0 bridgehead atoms. The van der Waals surface area contributed by atoms with Gasteiger partial charge in [-0.1, -0.05) is 0 Å². The second-order valence-corrected chi connectivity index (χ2v) is 5.34. The summed E-state index contributed by atoms with van der Waals surface area (Å²) >= 11 is 1.35. The predicted molar refractivity (Wildman–Crippen MR) is 90.2 cm³/mol. The summed E-state index contributed by atoms with van der Waals surface area (Å²) in [4.78, 5) is 16.8. The van der Waals surface area contributed by atoms with Crippen molar-refractivity contribution in [2.24, 2.45) is 4.99 Å². The van der Waals surface area contributed by atoms with Gasteiger partial charge >= 0.3 is 0 Å². The van der Waals surface area contributed by atoms with Crippen LogP contribution in [0.25, 0.3) is 6.08 Å². The van der Waals surface area contributed by atoms with Crippen LogP contribution >= 0.6 is 11.3 Å². The van der Waals surface area contributed by atoms with Gasteiger partial charge in [0.15, 0.2) is 6.29 Å². The van der Waals surface area contributed by atoms with Gasteiger partial charge < -0.3 is 15.2 Å². The molecule has 0 radical (unpaired) electrons. The lowest BCUT2D eigenvalue weighted by atomic mass is 10.3. The van der Waals surface area contributed by atoms with Gasteiger partial charge in [0.05, 0.1) is 29.8 Å². The van der Waals surface area contributed by atoms with Gasteiger partial charge in [-0.05, 0) is 43.3 Å². The number of hydrogen-bond donors (Lipinski definition) is 2. The molecule has 1 aromatic heterocycles. The lowest BCUT2D eigenvalue weighted by molar-refractivity contribution is 0.112. The van der Waals surface area contributed by atoms with Crippen LogP contribution in [0.5, 0.6) is 5.75 Å². The summed E-state index contributed by atoms with van der Waals surface area (Å²) in [7, 11) is 0. The minimum absolute atomic E-state index is 0.203. The molecule has 22 heavy (non-hydrogen) atoms. The quantitative estimate of drug-likeness (QED) is 0.266. The third-order valence-corrected chi connectivity index (χ3v) is 3.68. The highest BCUT2D eigenvalue weighted by atomic mass is 32.1. The van der Waals surface area contributed by atoms with Crippen molar-refractivity contribution in [3.8, 4) is 5.75 Å². The molecule has 1 aromatic carbocycles. The fraction of sp³-hybridized carbons (Fsp3) is 0.125. The van der Waals surface area contributed by atoms with Gasteiger partial charge in [-0.15, -0.1) is 11.3 Å². The van der Waals surface area contributed by atoms with Crippen molar-refractivity contribution in [1.29, 1.82) is 0 Å². The molecule has 114 valence electrons. The largest absolute Gasteiger partial charge is 0.508 e. The third kappa shape index (κ3) is 4.46. The standard InChI is InChI=1S/C16H16N2O3S/c1-2-21-8-7-14-9-15(16(10-19)22-14)18-11-17-12-3-5-13(20)6-4-12/h3-11,20H,2H2,1H3,(H,17,18)/b8-7-. The number of aldehydes is 1. The summed E-state index contributed by atoms with van der Waals surface area (Å²) in [6.45, 7) is 2.50. The molecular formula is C16H16N2O3S. The van der Waals surface area contributed by atoms with Crippen molar-refractivity contribution in [3.63, 3.8) is 0 Å². The number of thiophene rings is 1. The summed E-state index contributed by atoms with van der Waals surface area (Å²) in [6, 6.07) is 8.43. The van der Waals surface area contributed by atoms with Crippen molar-refractivity contribution < 1.29 is 14.6 Å². The number of nitrogens with zero attached hydrogens (tertiary/aromatic N) is 1. The second kappa shape index (κ2) is 7.99. The van der Waals surface area contributed by atoms with E-state index in [2.05, 4.69) is 10.3 Å². The van der Waals surface area contributed by atoms with Gasteiger partial charge in [0.1, 0.15) is 5.75 Å². The molecule has 1 heterocycles. The number of aromatic hydroxyl groups is 1. The lowest BCUT2D eigenvalue weighted by Crippen LogP contribution is -1.93. The van der Waals surface area contributed by atoms with Gasteiger partial charge in [0.25, 0.3) is 0 Å². The number of aliphatic imine (C=N–C) groups is 1. The molecule has 5 nitrogen and oxygen atoms in total. The van der Waals surface area contributed by atoms with E-state index in [-0.39, 0.29) is 5.75 Å². The first-order chi connectivity index (χ1) is 10.7. The zero-order chi connectivity index (χ0) is 15.8. The molecule has 0 saturated heterocycles. The number of benzene rings is 1. The Morgan fingerprint density at radius 2 is 2.14 bits per heavy atom. The van der Waals surface area contributed by atoms with Crippen LogP contribution < -0.4 is 5.32 Å². The molecule has 2 aromatic rings. The maximum atomic E-state index is 11.1. The van der Waals surface area contributed by atoms with Gasteiger partial charge in [-0.3, -0.25) is 4.79 Å². The van der Waals surface area contributed by atoms with E-state index in [0.29, 0.717) is 17.2 Å². The average molecular weight is 316 g/mol. The van der Waals surface area contributed by atoms with Crippen LogP contribution in [0.15, 0.2) is 41.6 Å². The van der Waals surface area contributed by atoms with Crippen LogP contribution in [-0.2, 0) is 4.74 Å². The molecule has 6 heteroatoms. The zero-order valence-corrected chi connectivity index (χ0v) is 12.8. The van der Waals surface area contributed by atoms with Crippen molar-refractivity contribution in [1.82, 2.24) is 0 Å². The van der Waals surface area contributed by atoms with Gasteiger partial charge in [-0.2, -0.15) is 0 Å². The first-order valence-corrected chi connectivity index (χ1v) is 7.50. The van der Waals surface area contributed by atoms with Crippen LogP contribution in [0, 0.1) is 0 Å². The summed E-state index contributed by atoms with van der Waals surface area (Å²) in [5.41, 5.74) is 1.39. The Morgan fingerprint density at radius 3 is 2.82 bits per heavy atom. The fourth-order valence-electron chi connectivity index (χ4n) is 1.63. The highest BCUT2D eigenvalue weighted by Crippen LogP contribution is 2.29. The Labute approximate surface area is 132 Å². The molecule has 0 unspecified atom stereocenters. The van der Waals surface area contributed by atoms with E-state index in [1.807, 2.05) is 13.0 Å². The van der Waals surface area contributed by atoms with E-state index in [4.69, 9.17) is 4.74 Å². The Kier molecular flexibility index (Phi) is 5.73. The Hall–Kier alpha value is -2.60. The van der Waals surface area contributed by atoms with Crippen molar-refractivity contribution in [2.75, 3.05) is 11.9 Å². The molecule has 2 N–H and O–H groups in total. The number of rotatable bonds is 7. The van der Waals surface area contributed by atoms with E-state index < -0.39 is 0 Å². The molecule has 0 fully saturated rings. The highest BCUT2D eigenvalue weighted by Gasteiger charge is 2.05. The molecule has 0 amide bonds. The fourth-order valence-corrected chi connectivity index (χ4v) is 2.44. The van der Waals surface area contributed by atoms with E-state index in [0.717, 1.165) is 16.9 Å². The number of nitrogens with one attached hydrogen (secondary N) is 1. The monoisotopic (exact) mass is 316 g/mol. The van der Waals surface area contributed by atoms with E-state index in [1.165, 1.54) is 17.7 Å². The van der Waals surface area contributed by atoms with Crippen LogP contribution in [0.4, 0.5) is 11.4 Å². The zero-order valence-electron chi connectivity index (χ0n) is 12.0. The lowest BCUT2D eigenvalue weighted by Gasteiger charge is -1.99. The minimum atomic E-state index is 0.203. The van der Waals surface area contributed by atoms with Gasteiger partial charge in [0, 0.05) is 10.6 Å². The number of hydrogen-bond acceptors (Lipinski definition) is 5. The SMILES string of the molecule is CCO/C=C\c1cc(/N=C\Nc2ccc(O)cc2)c(C=O)s1. The normalized spacial score (nSPS) is 11.1. The van der Waals surface area contributed by atoms with Crippen LogP contribution in [0.3, 0.4) is 0 Å². The average Bonchev–Trinajstić information content (AvgIpc) is 2.92.